The van der Waals surface area contributed by atoms with Gasteiger partial charge in [-0.1, -0.05) is 29.3 Å². The first-order valence-corrected chi connectivity index (χ1v) is 13.6. The monoisotopic (exact) mass is 613 g/mol. The van der Waals surface area contributed by atoms with Crippen LogP contribution in [0.15, 0.2) is 36.4 Å². The molecule has 5 nitrogen and oxygen atoms in total. The van der Waals surface area contributed by atoms with Crippen LogP contribution in [-0.4, -0.2) is 53.0 Å². The summed E-state index contributed by atoms with van der Waals surface area (Å²) in [5, 5.41) is 7.19. The molecule has 212 valence electrons. The van der Waals surface area contributed by atoms with Crippen molar-refractivity contribution >= 4 is 46.8 Å². The van der Waals surface area contributed by atoms with Crippen molar-refractivity contribution in [3.05, 3.63) is 68.7 Å². The number of nitrogens with one attached hydrogen (secondary N) is 2. The molecule has 2 N–H and O–H groups in total. The van der Waals surface area contributed by atoms with E-state index in [0.29, 0.717) is 53.7 Å². The third kappa shape index (κ3) is 7.14. The van der Waals surface area contributed by atoms with Gasteiger partial charge >= 0.3 is 12.4 Å². The number of halogens is 8. The first-order chi connectivity index (χ1) is 18.2. The molecule has 0 saturated carbocycles. The number of nitrogens with zero attached hydrogens (tertiary/aromatic N) is 1. The van der Waals surface area contributed by atoms with E-state index in [1.807, 2.05) is 0 Å². The van der Waals surface area contributed by atoms with Crippen molar-refractivity contribution in [3.63, 3.8) is 0 Å². The Morgan fingerprint density at radius 1 is 1.00 bits per heavy atom. The second-order valence-corrected chi connectivity index (χ2v) is 11.6. The molecule has 2 saturated heterocycles. The average molecular weight is 614 g/mol. The van der Waals surface area contributed by atoms with Gasteiger partial charge in [0.25, 0.3) is 5.91 Å². The topological polar surface area (TPSA) is 61.4 Å². The zero-order valence-corrected chi connectivity index (χ0v) is 22.5. The highest BCUT2D eigenvalue weighted by atomic mass is 35.5. The van der Waals surface area contributed by atoms with Crippen molar-refractivity contribution in [2.45, 2.75) is 42.5 Å². The van der Waals surface area contributed by atoms with Gasteiger partial charge in [-0.05, 0) is 55.2 Å². The lowest BCUT2D eigenvalue weighted by atomic mass is 10.00. The summed E-state index contributed by atoms with van der Waals surface area (Å²) in [6.45, 7) is 0.578. The number of amides is 2. The molecule has 1 atom stereocenters. The van der Waals surface area contributed by atoms with Gasteiger partial charge in [-0.25, -0.2) is 0 Å². The lowest BCUT2D eigenvalue weighted by molar-refractivity contribution is -0.143. The molecule has 4 rings (SSSR count). The van der Waals surface area contributed by atoms with Crippen molar-refractivity contribution in [1.82, 2.24) is 15.5 Å². The second kappa shape index (κ2) is 11.4. The van der Waals surface area contributed by atoms with E-state index in [0.717, 1.165) is 5.56 Å². The fraction of sp³-hybridized carbons (Fsp3) is 0.440. The summed E-state index contributed by atoms with van der Waals surface area (Å²) in [6.07, 6.45) is -8.82. The van der Waals surface area contributed by atoms with Crippen molar-refractivity contribution in [2.24, 2.45) is 0 Å². The normalized spacial score (nSPS) is 19.4. The van der Waals surface area contributed by atoms with E-state index in [9.17, 15) is 35.9 Å². The molecule has 2 aromatic carbocycles. The summed E-state index contributed by atoms with van der Waals surface area (Å²) in [5.74, 6) is -0.629. The highest BCUT2D eigenvalue weighted by Crippen LogP contribution is 2.40. The number of likely N-dealkylation sites (tertiary alicyclic amines) is 1. The Morgan fingerprint density at radius 2 is 1.62 bits per heavy atom. The molecule has 2 aromatic rings. The van der Waals surface area contributed by atoms with E-state index in [-0.39, 0.29) is 25.1 Å². The molecular formula is C25H23Cl2F6N3O2S. The predicted octanol–water partition coefficient (Wildman–Crippen LogP) is 6.03. The summed E-state index contributed by atoms with van der Waals surface area (Å²) < 4.78 is 79.2. The Balaban J connectivity index is 1.33. The molecule has 2 fully saturated rings. The van der Waals surface area contributed by atoms with Crippen LogP contribution in [0.5, 0.6) is 0 Å². The minimum Gasteiger partial charge on any atom is -0.354 e. The third-order valence-electron chi connectivity index (χ3n) is 6.68. The molecule has 0 bridgehead atoms. The van der Waals surface area contributed by atoms with Gasteiger partial charge in [0.05, 0.1) is 22.0 Å². The summed E-state index contributed by atoms with van der Waals surface area (Å²) in [4.78, 5) is 26.3. The number of thioether (sulfide) groups is 1. The third-order valence-corrected chi connectivity index (χ3v) is 8.85. The van der Waals surface area contributed by atoms with Crippen LogP contribution in [0.2, 0.25) is 10.0 Å². The van der Waals surface area contributed by atoms with Crippen LogP contribution < -0.4 is 10.6 Å². The first kappa shape index (κ1) is 29.8. The maximum atomic E-state index is 13.2. The second-order valence-electron chi connectivity index (χ2n) is 9.37. The SMILES string of the molecule is O=C(NCCc1ccc(Cl)cc1Cl)C1CSC2(CCN(C(=O)c3cc(C(F)(F)F)cc(C(F)(F)F)c3)CC2)N1. The van der Waals surface area contributed by atoms with Crippen LogP contribution in [0.4, 0.5) is 26.3 Å². The van der Waals surface area contributed by atoms with E-state index in [1.54, 1.807) is 18.2 Å². The van der Waals surface area contributed by atoms with Crippen LogP contribution in [0.25, 0.3) is 0 Å². The van der Waals surface area contributed by atoms with E-state index < -0.39 is 45.9 Å². The van der Waals surface area contributed by atoms with Crippen molar-refractivity contribution in [3.8, 4) is 0 Å². The molecule has 1 unspecified atom stereocenters. The zero-order chi connectivity index (χ0) is 28.6. The van der Waals surface area contributed by atoms with Crippen molar-refractivity contribution in [1.29, 1.82) is 0 Å². The largest absolute Gasteiger partial charge is 0.416 e. The van der Waals surface area contributed by atoms with Crippen LogP contribution in [0.1, 0.15) is 39.9 Å². The Kier molecular flexibility index (Phi) is 8.70. The molecule has 2 heterocycles. The van der Waals surface area contributed by atoms with Gasteiger partial charge < -0.3 is 10.2 Å². The van der Waals surface area contributed by atoms with Crippen molar-refractivity contribution in [2.75, 3.05) is 25.4 Å². The summed E-state index contributed by atoms with van der Waals surface area (Å²) in [6, 6.07) is 5.52. The molecular weight excluding hydrogens is 591 g/mol. The number of benzene rings is 2. The Labute approximate surface area is 234 Å². The first-order valence-electron chi connectivity index (χ1n) is 11.9. The summed E-state index contributed by atoms with van der Waals surface area (Å²) in [7, 11) is 0. The Morgan fingerprint density at radius 3 is 2.18 bits per heavy atom. The van der Waals surface area contributed by atoms with Gasteiger partial charge in [0.15, 0.2) is 0 Å². The molecule has 14 heteroatoms. The Bertz CT molecular complexity index is 1220. The lowest BCUT2D eigenvalue weighted by Crippen LogP contribution is -2.54. The van der Waals surface area contributed by atoms with Crippen LogP contribution in [0.3, 0.4) is 0 Å². The van der Waals surface area contributed by atoms with Gasteiger partial charge in [-0.2, -0.15) is 26.3 Å². The quantitative estimate of drug-likeness (QED) is 0.405. The van der Waals surface area contributed by atoms with Gasteiger partial charge in [0, 0.05) is 41.0 Å². The molecule has 2 aliphatic heterocycles. The van der Waals surface area contributed by atoms with Gasteiger partial charge in [-0.3, -0.25) is 14.9 Å². The number of rotatable bonds is 5. The Hall–Kier alpha value is -2.15. The van der Waals surface area contributed by atoms with E-state index in [4.69, 9.17) is 23.2 Å². The number of carbonyl (C=O) groups excluding carboxylic acids is 2. The minimum absolute atomic E-state index is 0.00366. The highest BCUT2D eigenvalue weighted by Gasteiger charge is 2.45. The molecule has 0 radical (unpaired) electrons. The molecule has 1 spiro atoms. The van der Waals surface area contributed by atoms with Crippen LogP contribution in [-0.2, 0) is 23.6 Å². The zero-order valence-electron chi connectivity index (χ0n) is 20.2. The molecule has 2 aliphatic rings. The van der Waals surface area contributed by atoms with Crippen LogP contribution in [0, 0.1) is 0 Å². The smallest absolute Gasteiger partial charge is 0.354 e. The number of hydrogen-bond acceptors (Lipinski definition) is 4. The van der Waals surface area contributed by atoms with E-state index >= 15 is 0 Å². The van der Waals surface area contributed by atoms with Gasteiger partial charge in [0.2, 0.25) is 5.91 Å². The average Bonchev–Trinajstić information content (AvgIpc) is 3.27. The molecule has 0 aliphatic carbocycles. The standard InChI is InChI=1S/C25H23Cl2F6N3O2S/c26-18-2-1-14(19(27)12-18)3-6-34-21(37)20-13-39-23(35-20)4-7-36(8-5-23)22(38)15-9-16(24(28,29)30)11-17(10-15)25(31,32)33/h1-2,9-12,20,35H,3-8,13H2,(H,34,37). The molecule has 0 aromatic heterocycles. The van der Waals surface area contributed by atoms with Gasteiger partial charge in [0.1, 0.15) is 0 Å². The van der Waals surface area contributed by atoms with Crippen LogP contribution >= 0.6 is 35.0 Å². The van der Waals surface area contributed by atoms with Crippen molar-refractivity contribution < 1.29 is 35.9 Å². The summed E-state index contributed by atoms with van der Waals surface area (Å²) in [5.41, 5.74) is -2.89. The highest BCUT2D eigenvalue weighted by molar-refractivity contribution is 8.01. The summed E-state index contributed by atoms with van der Waals surface area (Å²) >= 11 is 13.6. The number of piperidine rings is 1. The maximum absolute atomic E-state index is 13.2. The number of hydrogen-bond donors (Lipinski definition) is 2. The van der Waals surface area contributed by atoms with E-state index in [1.165, 1.54) is 16.7 Å². The molecule has 39 heavy (non-hydrogen) atoms. The number of alkyl halides is 6. The fourth-order valence-electron chi connectivity index (χ4n) is 4.57. The molecule has 2 amide bonds. The van der Waals surface area contributed by atoms with E-state index in [2.05, 4.69) is 10.6 Å². The fourth-order valence-corrected chi connectivity index (χ4v) is 6.49. The minimum atomic E-state index is -5.04. The lowest BCUT2D eigenvalue weighted by Gasteiger charge is -2.39. The van der Waals surface area contributed by atoms with Gasteiger partial charge in [-0.15, -0.1) is 11.8 Å². The number of carbonyl (C=O) groups is 2. The maximum Gasteiger partial charge on any atom is 0.416 e. The predicted molar refractivity (Wildman–Crippen MR) is 137 cm³/mol.